The van der Waals surface area contributed by atoms with Crippen molar-refractivity contribution in [2.24, 2.45) is 0 Å². The van der Waals surface area contributed by atoms with Crippen LogP contribution in [-0.4, -0.2) is 16.6 Å². The number of para-hydroxylation sites is 1. The Balaban J connectivity index is 1.69. The molecule has 0 unspecified atom stereocenters. The summed E-state index contributed by atoms with van der Waals surface area (Å²) >= 11 is 1.46. The number of rotatable bonds is 4. The maximum atomic E-state index is 12.2. The molecule has 0 radical (unpaired) electrons. The fourth-order valence-corrected chi connectivity index (χ4v) is 3.38. The van der Waals surface area contributed by atoms with Crippen LogP contribution in [0.5, 0.6) is 0 Å². The van der Waals surface area contributed by atoms with Crippen LogP contribution in [0.25, 0.3) is 10.9 Å². The molecule has 1 amide bonds. The predicted molar refractivity (Wildman–Crippen MR) is 102 cm³/mol. The van der Waals surface area contributed by atoms with Gasteiger partial charge < -0.3 is 5.32 Å². The third kappa shape index (κ3) is 3.60. The van der Waals surface area contributed by atoms with E-state index in [9.17, 15) is 4.79 Å². The van der Waals surface area contributed by atoms with Crippen molar-refractivity contribution in [2.75, 3.05) is 11.1 Å². The van der Waals surface area contributed by atoms with E-state index in [1.165, 1.54) is 22.9 Å². The molecule has 0 fully saturated rings. The Morgan fingerprint density at radius 2 is 1.83 bits per heavy atom. The van der Waals surface area contributed by atoms with E-state index in [0.717, 1.165) is 27.2 Å². The van der Waals surface area contributed by atoms with Crippen molar-refractivity contribution in [1.29, 1.82) is 0 Å². The maximum Gasteiger partial charge on any atom is 0.234 e. The summed E-state index contributed by atoms with van der Waals surface area (Å²) in [6.45, 7) is 6.14. The zero-order valence-electron chi connectivity index (χ0n) is 14.1. The number of hydrogen-bond donors (Lipinski definition) is 1. The molecule has 0 spiro atoms. The highest BCUT2D eigenvalue weighted by atomic mass is 32.2. The summed E-state index contributed by atoms with van der Waals surface area (Å²) in [4.78, 5) is 16.9. The van der Waals surface area contributed by atoms with E-state index in [2.05, 4.69) is 23.3 Å². The molecule has 3 rings (SSSR count). The SMILES string of the molecule is Cc1cccc(NC(=O)CSc2cc(C)c3ccccc3n2)c1C. The van der Waals surface area contributed by atoms with E-state index in [-0.39, 0.29) is 5.91 Å². The van der Waals surface area contributed by atoms with Crippen molar-refractivity contribution >= 4 is 34.3 Å². The number of benzene rings is 2. The summed E-state index contributed by atoms with van der Waals surface area (Å²) in [5.41, 5.74) is 5.30. The number of nitrogens with one attached hydrogen (secondary N) is 1. The molecule has 1 N–H and O–H groups in total. The molecule has 0 bridgehead atoms. The van der Waals surface area contributed by atoms with E-state index >= 15 is 0 Å². The molecule has 2 aromatic carbocycles. The number of nitrogens with zero attached hydrogens (tertiary/aromatic N) is 1. The van der Waals surface area contributed by atoms with Gasteiger partial charge in [-0.3, -0.25) is 4.79 Å². The third-order valence-corrected chi connectivity index (χ3v) is 5.04. The van der Waals surface area contributed by atoms with Gasteiger partial charge >= 0.3 is 0 Å². The van der Waals surface area contributed by atoms with Gasteiger partial charge in [0, 0.05) is 11.1 Å². The quantitative estimate of drug-likeness (QED) is 0.690. The first-order chi connectivity index (χ1) is 11.5. The monoisotopic (exact) mass is 336 g/mol. The molecule has 122 valence electrons. The zero-order valence-corrected chi connectivity index (χ0v) is 14.9. The largest absolute Gasteiger partial charge is 0.325 e. The minimum atomic E-state index is -0.0127. The molecule has 0 saturated carbocycles. The first-order valence-corrected chi connectivity index (χ1v) is 8.88. The van der Waals surface area contributed by atoms with Crippen molar-refractivity contribution in [3.8, 4) is 0 Å². The minimum absolute atomic E-state index is 0.0127. The van der Waals surface area contributed by atoms with Gasteiger partial charge in [-0.25, -0.2) is 4.98 Å². The van der Waals surface area contributed by atoms with Crippen molar-refractivity contribution in [2.45, 2.75) is 25.8 Å². The molecule has 4 heteroatoms. The molecule has 3 aromatic rings. The molecule has 3 nitrogen and oxygen atoms in total. The Morgan fingerprint density at radius 3 is 2.67 bits per heavy atom. The Kier molecular flexibility index (Phi) is 4.86. The fraction of sp³-hybridized carbons (Fsp3) is 0.200. The summed E-state index contributed by atoms with van der Waals surface area (Å²) in [6, 6.07) is 16.0. The lowest BCUT2D eigenvalue weighted by Crippen LogP contribution is -2.15. The molecule has 0 aliphatic rings. The van der Waals surface area contributed by atoms with Crippen LogP contribution in [0.2, 0.25) is 0 Å². The minimum Gasteiger partial charge on any atom is -0.325 e. The predicted octanol–water partition coefficient (Wildman–Crippen LogP) is 4.89. The lowest BCUT2D eigenvalue weighted by atomic mass is 10.1. The van der Waals surface area contributed by atoms with Crippen LogP contribution in [0, 0.1) is 20.8 Å². The van der Waals surface area contributed by atoms with Crippen molar-refractivity contribution < 1.29 is 4.79 Å². The van der Waals surface area contributed by atoms with Crippen LogP contribution in [0.4, 0.5) is 5.69 Å². The van der Waals surface area contributed by atoms with Crippen molar-refractivity contribution in [1.82, 2.24) is 4.98 Å². The number of fused-ring (bicyclic) bond motifs is 1. The van der Waals surface area contributed by atoms with Crippen LogP contribution in [0.3, 0.4) is 0 Å². The van der Waals surface area contributed by atoms with Crippen LogP contribution in [0.15, 0.2) is 53.6 Å². The van der Waals surface area contributed by atoms with E-state index < -0.39 is 0 Å². The highest BCUT2D eigenvalue weighted by Crippen LogP contribution is 2.24. The summed E-state index contributed by atoms with van der Waals surface area (Å²) in [5.74, 6) is 0.333. The smallest absolute Gasteiger partial charge is 0.234 e. The lowest BCUT2D eigenvalue weighted by molar-refractivity contribution is -0.113. The second-order valence-corrected chi connectivity index (χ2v) is 6.87. The molecule has 0 saturated heterocycles. The summed E-state index contributed by atoms with van der Waals surface area (Å²) in [5, 5.41) is 5.02. The number of pyridine rings is 1. The number of thioether (sulfide) groups is 1. The van der Waals surface area contributed by atoms with E-state index in [1.807, 2.05) is 56.3 Å². The van der Waals surface area contributed by atoms with Crippen molar-refractivity contribution in [3.05, 3.63) is 65.2 Å². The van der Waals surface area contributed by atoms with Gasteiger partial charge in [-0.1, -0.05) is 42.1 Å². The second-order valence-electron chi connectivity index (χ2n) is 5.88. The highest BCUT2D eigenvalue weighted by molar-refractivity contribution is 7.99. The molecular weight excluding hydrogens is 316 g/mol. The van der Waals surface area contributed by atoms with E-state index in [1.54, 1.807) is 0 Å². The van der Waals surface area contributed by atoms with Crippen LogP contribution in [-0.2, 0) is 4.79 Å². The van der Waals surface area contributed by atoms with Gasteiger partial charge in [0.15, 0.2) is 0 Å². The number of carbonyl (C=O) groups is 1. The van der Waals surface area contributed by atoms with Gasteiger partial charge in [-0.15, -0.1) is 0 Å². The Labute approximate surface area is 146 Å². The second kappa shape index (κ2) is 7.05. The summed E-state index contributed by atoms with van der Waals surface area (Å²) in [7, 11) is 0. The average molecular weight is 336 g/mol. The Bertz CT molecular complexity index is 905. The molecule has 24 heavy (non-hydrogen) atoms. The molecular formula is C20H20N2OS. The number of hydrogen-bond acceptors (Lipinski definition) is 3. The first-order valence-electron chi connectivity index (χ1n) is 7.90. The molecule has 1 heterocycles. The standard InChI is InChI=1S/C20H20N2OS/c1-13-7-6-10-17(15(13)3)21-19(23)12-24-20-11-14(2)16-8-4-5-9-18(16)22-20/h4-11H,12H2,1-3H3,(H,21,23). The highest BCUT2D eigenvalue weighted by Gasteiger charge is 2.09. The lowest BCUT2D eigenvalue weighted by Gasteiger charge is -2.10. The summed E-state index contributed by atoms with van der Waals surface area (Å²) < 4.78 is 0. The average Bonchev–Trinajstić information content (AvgIpc) is 2.57. The van der Waals surface area contributed by atoms with Gasteiger partial charge in [-0.2, -0.15) is 0 Å². The topological polar surface area (TPSA) is 42.0 Å². The maximum absolute atomic E-state index is 12.2. The Morgan fingerprint density at radius 1 is 1.04 bits per heavy atom. The van der Waals surface area contributed by atoms with Gasteiger partial charge in [0.05, 0.1) is 16.3 Å². The molecule has 0 atom stereocenters. The van der Waals surface area contributed by atoms with Gasteiger partial charge in [0.25, 0.3) is 0 Å². The van der Waals surface area contributed by atoms with Gasteiger partial charge in [0.2, 0.25) is 5.91 Å². The van der Waals surface area contributed by atoms with Crippen LogP contribution < -0.4 is 5.32 Å². The first kappa shape index (κ1) is 16.5. The molecule has 1 aromatic heterocycles. The third-order valence-electron chi connectivity index (χ3n) is 4.13. The van der Waals surface area contributed by atoms with Crippen LogP contribution in [0.1, 0.15) is 16.7 Å². The number of aryl methyl sites for hydroxylation is 2. The van der Waals surface area contributed by atoms with E-state index in [0.29, 0.717) is 5.75 Å². The zero-order chi connectivity index (χ0) is 17.1. The number of amides is 1. The number of aromatic nitrogens is 1. The normalized spacial score (nSPS) is 10.8. The van der Waals surface area contributed by atoms with Gasteiger partial charge in [0.1, 0.15) is 0 Å². The van der Waals surface area contributed by atoms with Gasteiger partial charge in [-0.05, 0) is 55.7 Å². The number of anilines is 1. The van der Waals surface area contributed by atoms with Crippen molar-refractivity contribution in [3.63, 3.8) is 0 Å². The van der Waals surface area contributed by atoms with E-state index in [4.69, 9.17) is 0 Å². The van der Waals surface area contributed by atoms with Crippen LogP contribution >= 0.6 is 11.8 Å². The molecule has 0 aliphatic carbocycles. The number of carbonyl (C=O) groups excluding carboxylic acids is 1. The fourth-order valence-electron chi connectivity index (χ4n) is 2.60. The summed E-state index contributed by atoms with van der Waals surface area (Å²) in [6.07, 6.45) is 0. The Hall–Kier alpha value is -2.33. The molecule has 0 aliphatic heterocycles.